The van der Waals surface area contributed by atoms with Crippen LogP contribution >= 0.6 is 15.9 Å². The Balaban J connectivity index is 1.91. The minimum absolute atomic E-state index is 0.248. The molecular weight excluding hydrogens is 334 g/mol. The number of rotatable bonds is 2. The number of hydrogen-bond donors (Lipinski definition) is 1. The summed E-state index contributed by atoms with van der Waals surface area (Å²) in [4.78, 5) is 20.6. The maximum absolute atomic E-state index is 12.2. The monoisotopic (exact) mass is 345 g/mol. The Kier molecular flexibility index (Phi) is 3.42. The average molecular weight is 346 g/mol. The van der Waals surface area contributed by atoms with Gasteiger partial charge in [-0.25, -0.2) is 9.97 Å². The maximum atomic E-state index is 12.2. The van der Waals surface area contributed by atoms with E-state index in [1.807, 2.05) is 20.0 Å². The van der Waals surface area contributed by atoms with E-state index in [1.165, 1.54) is 6.20 Å². The third kappa shape index (κ3) is 2.64. The fraction of sp³-hybridized carbons (Fsp3) is 0.143. The SMILES string of the molecule is Cc1nn(C)c2ncc(C(=O)Nc3ccc(Br)cn3)cc12. The number of nitrogens with one attached hydrogen (secondary N) is 1. The molecule has 3 heterocycles. The van der Waals surface area contributed by atoms with Crippen molar-refractivity contribution in [1.29, 1.82) is 0 Å². The molecule has 3 rings (SSSR count). The van der Waals surface area contributed by atoms with E-state index in [9.17, 15) is 4.79 Å². The minimum atomic E-state index is -0.248. The van der Waals surface area contributed by atoms with Gasteiger partial charge >= 0.3 is 0 Å². The summed E-state index contributed by atoms with van der Waals surface area (Å²) in [5.74, 6) is 0.244. The van der Waals surface area contributed by atoms with Crippen LogP contribution in [0, 0.1) is 6.92 Å². The standard InChI is InChI=1S/C14H12BrN5O/c1-8-11-5-9(6-17-13(11)20(2)19-8)14(21)18-12-4-3-10(15)7-16-12/h3-7H,1-2H3,(H,16,18,21). The number of fused-ring (bicyclic) bond motifs is 1. The molecule has 7 heteroatoms. The average Bonchev–Trinajstić information content (AvgIpc) is 2.76. The van der Waals surface area contributed by atoms with E-state index in [4.69, 9.17) is 0 Å². The Labute approximate surface area is 129 Å². The van der Waals surface area contributed by atoms with E-state index in [-0.39, 0.29) is 5.91 Å². The summed E-state index contributed by atoms with van der Waals surface area (Å²) < 4.78 is 2.55. The number of amides is 1. The molecule has 0 atom stereocenters. The third-order valence-corrected chi connectivity index (χ3v) is 3.56. The quantitative estimate of drug-likeness (QED) is 0.774. The van der Waals surface area contributed by atoms with E-state index < -0.39 is 0 Å². The van der Waals surface area contributed by atoms with Crippen molar-refractivity contribution in [1.82, 2.24) is 19.7 Å². The van der Waals surface area contributed by atoms with Crippen LogP contribution in [0.2, 0.25) is 0 Å². The zero-order valence-corrected chi connectivity index (χ0v) is 13.0. The second-order valence-electron chi connectivity index (χ2n) is 4.62. The zero-order valence-electron chi connectivity index (χ0n) is 11.5. The zero-order chi connectivity index (χ0) is 15.0. The number of hydrogen-bond acceptors (Lipinski definition) is 4. The molecule has 0 radical (unpaired) electrons. The molecule has 0 aliphatic heterocycles. The van der Waals surface area contributed by atoms with Crippen LogP contribution in [0.25, 0.3) is 11.0 Å². The number of pyridine rings is 2. The largest absolute Gasteiger partial charge is 0.307 e. The molecule has 0 fully saturated rings. The predicted octanol–water partition coefficient (Wildman–Crippen LogP) is 2.69. The lowest BCUT2D eigenvalue weighted by Gasteiger charge is -2.04. The highest BCUT2D eigenvalue weighted by Crippen LogP contribution is 2.17. The highest BCUT2D eigenvalue weighted by atomic mass is 79.9. The number of carbonyl (C=O) groups excluding carboxylic acids is 1. The first-order valence-electron chi connectivity index (χ1n) is 6.27. The van der Waals surface area contributed by atoms with E-state index >= 15 is 0 Å². The van der Waals surface area contributed by atoms with Crippen molar-refractivity contribution in [2.75, 3.05) is 5.32 Å². The molecule has 0 bridgehead atoms. The predicted molar refractivity (Wildman–Crippen MR) is 83.1 cm³/mol. The molecule has 3 aromatic rings. The van der Waals surface area contributed by atoms with Gasteiger partial charge in [0.15, 0.2) is 5.65 Å². The highest BCUT2D eigenvalue weighted by molar-refractivity contribution is 9.10. The van der Waals surface area contributed by atoms with Crippen molar-refractivity contribution < 1.29 is 4.79 Å². The Morgan fingerprint density at radius 2 is 2.10 bits per heavy atom. The van der Waals surface area contributed by atoms with Gasteiger partial charge in [0.05, 0.1) is 11.3 Å². The Morgan fingerprint density at radius 1 is 1.29 bits per heavy atom. The van der Waals surface area contributed by atoms with Crippen molar-refractivity contribution in [2.45, 2.75) is 6.92 Å². The van der Waals surface area contributed by atoms with Gasteiger partial charge in [-0.15, -0.1) is 0 Å². The van der Waals surface area contributed by atoms with Gasteiger partial charge in [-0.05, 0) is 41.1 Å². The first-order valence-corrected chi connectivity index (χ1v) is 7.06. The van der Waals surface area contributed by atoms with E-state index in [1.54, 1.807) is 23.0 Å². The summed E-state index contributed by atoms with van der Waals surface area (Å²) in [6.45, 7) is 1.89. The van der Waals surface area contributed by atoms with Gasteiger partial charge in [0.25, 0.3) is 5.91 Å². The van der Waals surface area contributed by atoms with Gasteiger partial charge < -0.3 is 5.32 Å². The van der Waals surface area contributed by atoms with Crippen molar-refractivity contribution >= 4 is 38.7 Å². The number of halogens is 1. The summed E-state index contributed by atoms with van der Waals surface area (Å²) in [5.41, 5.74) is 2.07. The summed E-state index contributed by atoms with van der Waals surface area (Å²) in [7, 11) is 1.83. The van der Waals surface area contributed by atoms with Gasteiger partial charge in [0.2, 0.25) is 0 Å². The van der Waals surface area contributed by atoms with Crippen LogP contribution in [0.3, 0.4) is 0 Å². The molecule has 106 valence electrons. The molecule has 0 saturated carbocycles. The molecular formula is C14H12BrN5O. The number of anilines is 1. The molecule has 0 aromatic carbocycles. The molecule has 3 aromatic heterocycles. The fourth-order valence-electron chi connectivity index (χ4n) is 2.07. The fourth-order valence-corrected chi connectivity index (χ4v) is 2.30. The van der Waals surface area contributed by atoms with Crippen molar-refractivity contribution in [3.05, 3.63) is 46.3 Å². The number of carbonyl (C=O) groups is 1. The summed E-state index contributed by atoms with van der Waals surface area (Å²) in [6.07, 6.45) is 3.17. The van der Waals surface area contributed by atoms with Crippen LogP contribution in [0.15, 0.2) is 35.1 Å². The lowest BCUT2D eigenvalue weighted by molar-refractivity contribution is 0.102. The summed E-state index contributed by atoms with van der Waals surface area (Å²) in [6, 6.07) is 5.33. The van der Waals surface area contributed by atoms with Gasteiger partial charge in [0.1, 0.15) is 5.82 Å². The lowest BCUT2D eigenvalue weighted by atomic mass is 10.2. The summed E-state index contributed by atoms with van der Waals surface area (Å²) in [5, 5.41) is 7.90. The van der Waals surface area contributed by atoms with E-state index in [0.29, 0.717) is 11.4 Å². The van der Waals surface area contributed by atoms with Crippen molar-refractivity contribution in [3.63, 3.8) is 0 Å². The Hall–Kier alpha value is -2.28. The maximum Gasteiger partial charge on any atom is 0.258 e. The molecule has 21 heavy (non-hydrogen) atoms. The molecule has 0 spiro atoms. The normalized spacial score (nSPS) is 10.8. The van der Waals surface area contributed by atoms with Gasteiger partial charge in [-0.3, -0.25) is 9.48 Å². The second-order valence-corrected chi connectivity index (χ2v) is 5.54. The van der Waals surface area contributed by atoms with Crippen molar-refractivity contribution in [3.8, 4) is 0 Å². The van der Waals surface area contributed by atoms with E-state index in [0.717, 1.165) is 21.2 Å². The molecule has 1 amide bonds. The van der Waals surface area contributed by atoms with Gasteiger partial charge in [0, 0.05) is 29.3 Å². The van der Waals surface area contributed by atoms with Crippen LogP contribution in [-0.2, 0) is 7.05 Å². The molecule has 0 unspecified atom stereocenters. The topological polar surface area (TPSA) is 72.7 Å². The first kappa shape index (κ1) is 13.7. The molecule has 6 nitrogen and oxygen atoms in total. The van der Waals surface area contributed by atoms with Crippen LogP contribution < -0.4 is 5.32 Å². The number of nitrogens with zero attached hydrogens (tertiary/aromatic N) is 4. The minimum Gasteiger partial charge on any atom is -0.307 e. The smallest absolute Gasteiger partial charge is 0.258 e. The molecule has 0 saturated heterocycles. The van der Waals surface area contributed by atoms with E-state index in [2.05, 4.69) is 36.3 Å². The molecule has 0 aliphatic carbocycles. The van der Waals surface area contributed by atoms with Crippen LogP contribution in [0.5, 0.6) is 0 Å². The Morgan fingerprint density at radius 3 is 2.81 bits per heavy atom. The number of aromatic nitrogens is 4. The Bertz CT molecular complexity index is 825. The molecule has 1 N–H and O–H groups in total. The van der Waals surface area contributed by atoms with Gasteiger partial charge in [-0.2, -0.15) is 5.10 Å². The van der Waals surface area contributed by atoms with Crippen LogP contribution in [-0.4, -0.2) is 25.7 Å². The van der Waals surface area contributed by atoms with Gasteiger partial charge in [-0.1, -0.05) is 0 Å². The first-order chi connectivity index (χ1) is 10.0. The number of aryl methyl sites for hydroxylation is 2. The highest BCUT2D eigenvalue weighted by Gasteiger charge is 2.12. The van der Waals surface area contributed by atoms with Crippen LogP contribution in [0.1, 0.15) is 16.1 Å². The third-order valence-electron chi connectivity index (χ3n) is 3.09. The van der Waals surface area contributed by atoms with Crippen LogP contribution in [0.4, 0.5) is 5.82 Å². The molecule has 0 aliphatic rings. The summed E-state index contributed by atoms with van der Waals surface area (Å²) >= 11 is 3.30. The lowest BCUT2D eigenvalue weighted by Crippen LogP contribution is -2.13. The van der Waals surface area contributed by atoms with Crippen molar-refractivity contribution in [2.24, 2.45) is 7.05 Å². The second kappa shape index (κ2) is 5.25.